The van der Waals surface area contributed by atoms with Crippen molar-refractivity contribution < 1.29 is 0 Å². The van der Waals surface area contributed by atoms with E-state index in [1.807, 2.05) is 0 Å². The molecule has 0 bridgehead atoms. The van der Waals surface area contributed by atoms with Crippen molar-refractivity contribution in [1.29, 1.82) is 0 Å². The Hall–Kier alpha value is -4.21. The lowest BCUT2D eigenvalue weighted by molar-refractivity contribution is 0.401. The molecule has 6 rings (SSSR count). The van der Waals surface area contributed by atoms with E-state index in [0.717, 1.165) is 32.4 Å². The molecule has 0 fully saturated rings. The maximum Gasteiger partial charge on any atom is 0.0491 e. The summed E-state index contributed by atoms with van der Waals surface area (Å²) in [7, 11) is 0. The number of benzene rings is 4. The first-order chi connectivity index (χ1) is 21.5. The lowest BCUT2D eigenvalue weighted by Gasteiger charge is -2.17. The Labute approximate surface area is 261 Å². The van der Waals surface area contributed by atoms with Gasteiger partial charge in [0.25, 0.3) is 0 Å². The molecule has 5 nitrogen and oxygen atoms in total. The standard InChI is InChI=1S/C39H45N5/c1-5-7-10-29(6-2)26-44-38-16-12-28(4)22-33(38)35-25-31(14-18-39(35)44)23-30-13-17-37-34(24-30)32-21-27(3)11-15-36(32)43(37)20-9-8-19-41-42-40/h11-18,21-22,24-25,29H,5-10,19-20,23,26H2,1-4H3. The molecule has 0 aliphatic carbocycles. The molecule has 0 saturated heterocycles. The number of nitrogens with zero attached hydrogens (tertiary/aromatic N) is 5. The smallest absolute Gasteiger partial charge is 0.0491 e. The molecular weight excluding hydrogens is 538 g/mol. The largest absolute Gasteiger partial charge is 0.340 e. The van der Waals surface area contributed by atoms with Crippen LogP contribution in [0.5, 0.6) is 0 Å². The quantitative estimate of drug-likeness (QED) is 0.0562. The summed E-state index contributed by atoms with van der Waals surface area (Å²) in [6.45, 7) is 11.6. The van der Waals surface area contributed by atoms with E-state index in [1.165, 1.54) is 91.5 Å². The molecule has 5 heteroatoms. The van der Waals surface area contributed by atoms with Crippen LogP contribution in [0.2, 0.25) is 0 Å². The van der Waals surface area contributed by atoms with E-state index in [9.17, 15) is 0 Å². The number of aromatic nitrogens is 2. The minimum Gasteiger partial charge on any atom is -0.340 e. The highest BCUT2D eigenvalue weighted by atomic mass is 15.1. The number of aryl methyl sites for hydroxylation is 3. The third-order valence-electron chi connectivity index (χ3n) is 9.51. The van der Waals surface area contributed by atoms with Crippen molar-refractivity contribution in [2.75, 3.05) is 6.54 Å². The second kappa shape index (κ2) is 13.2. The van der Waals surface area contributed by atoms with E-state index in [4.69, 9.17) is 5.53 Å². The summed E-state index contributed by atoms with van der Waals surface area (Å²) in [6.07, 6.45) is 7.87. The molecule has 6 aromatic rings. The van der Waals surface area contributed by atoms with Crippen LogP contribution in [-0.2, 0) is 19.5 Å². The summed E-state index contributed by atoms with van der Waals surface area (Å²) in [5.74, 6) is 0.707. The Bertz CT molecular complexity index is 1990. The fourth-order valence-electron chi connectivity index (χ4n) is 7.10. The number of azide groups is 1. The van der Waals surface area contributed by atoms with Crippen molar-refractivity contribution in [2.24, 2.45) is 11.0 Å². The third-order valence-corrected chi connectivity index (χ3v) is 9.51. The summed E-state index contributed by atoms with van der Waals surface area (Å²) in [5, 5.41) is 9.11. The molecular formula is C39H45N5. The highest BCUT2D eigenvalue weighted by Gasteiger charge is 2.16. The molecule has 4 aromatic carbocycles. The predicted octanol–water partition coefficient (Wildman–Crippen LogP) is 11.4. The fraction of sp³-hybridized carbons (Fsp3) is 0.385. The summed E-state index contributed by atoms with van der Waals surface area (Å²) >= 11 is 0. The second-order valence-electron chi connectivity index (χ2n) is 12.8. The molecule has 44 heavy (non-hydrogen) atoms. The van der Waals surface area contributed by atoms with Crippen molar-refractivity contribution >= 4 is 43.6 Å². The molecule has 0 N–H and O–H groups in total. The molecule has 226 valence electrons. The van der Waals surface area contributed by atoms with E-state index in [-0.39, 0.29) is 0 Å². The molecule has 0 amide bonds. The molecule has 0 saturated carbocycles. The average molecular weight is 584 g/mol. The van der Waals surface area contributed by atoms with Crippen LogP contribution < -0.4 is 0 Å². The van der Waals surface area contributed by atoms with Gasteiger partial charge in [0.1, 0.15) is 0 Å². The van der Waals surface area contributed by atoms with Crippen LogP contribution in [0, 0.1) is 19.8 Å². The molecule has 1 atom stereocenters. The maximum absolute atomic E-state index is 8.62. The third kappa shape index (κ3) is 5.94. The Morgan fingerprint density at radius 3 is 1.77 bits per heavy atom. The van der Waals surface area contributed by atoms with E-state index in [0.29, 0.717) is 12.5 Å². The van der Waals surface area contributed by atoms with Gasteiger partial charge in [-0.05, 0) is 111 Å². The second-order valence-corrected chi connectivity index (χ2v) is 12.8. The lowest BCUT2D eigenvalue weighted by atomic mass is 9.99. The molecule has 0 radical (unpaired) electrons. The molecule has 0 spiro atoms. The van der Waals surface area contributed by atoms with Crippen molar-refractivity contribution in [1.82, 2.24) is 9.13 Å². The predicted molar refractivity (Wildman–Crippen MR) is 188 cm³/mol. The first-order valence-electron chi connectivity index (χ1n) is 16.5. The maximum atomic E-state index is 8.62. The van der Waals surface area contributed by atoms with Gasteiger partial charge in [-0.2, -0.15) is 0 Å². The van der Waals surface area contributed by atoms with Crippen molar-refractivity contribution in [3.63, 3.8) is 0 Å². The van der Waals surface area contributed by atoms with E-state index in [1.54, 1.807) is 0 Å². The summed E-state index contributed by atoms with van der Waals surface area (Å²) in [5.41, 5.74) is 19.2. The van der Waals surface area contributed by atoms with Gasteiger partial charge in [0, 0.05) is 68.2 Å². The lowest BCUT2D eigenvalue weighted by Crippen LogP contribution is -2.10. The Morgan fingerprint density at radius 2 is 1.23 bits per heavy atom. The molecule has 0 aliphatic heterocycles. The monoisotopic (exact) mass is 583 g/mol. The summed E-state index contributed by atoms with van der Waals surface area (Å²) < 4.78 is 5.03. The number of unbranched alkanes of at least 4 members (excludes halogenated alkanes) is 2. The summed E-state index contributed by atoms with van der Waals surface area (Å²) in [6, 6.07) is 27.9. The van der Waals surface area contributed by atoms with Crippen LogP contribution in [0.25, 0.3) is 54.1 Å². The Kier molecular flexibility index (Phi) is 8.95. The molecule has 2 aromatic heterocycles. The number of hydrogen-bond donors (Lipinski definition) is 0. The zero-order valence-corrected chi connectivity index (χ0v) is 26.8. The Morgan fingerprint density at radius 1 is 0.682 bits per heavy atom. The highest BCUT2D eigenvalue weighted by molar-refractivity contribution is 6.09. The molecule has 2 heterocycles. The average Bonchev–Trinajstić information content (AvgIpc) is 3.49. The topological polar surface area (TPSA) is 58.6 Å². The van der Waals surface area contributed by atoms with E-state index < -0.39 is 0 Å². The molecule has 1 unspecified atom stereocenters. The van der Waals surface area contributed by atoms with E-state index in [2.05, 4.69) is 120 Å². The summed E-state index contributed by atoms with van der Waals surface area (Å²) in [4.78, 5) is 2.90. The number of rotatable bonds is 13. The van der Waals surface area contributed by atoms with Gasteiger partial charge < -0.3 is 9.13 Å². The number of hydrogen-bond acceptors (Lipinski definition) is 1. The van der Waals surface area contributed by atoms with Gasteiger partial charge in [-0.25, -0.2) is 0 Å². The van der Waals surface area contributed by atoms with Crippen LogP contribution in [0.1, 0.15) is 74.6 Å². The fourth-order valence-corrected chi connectivity index (χ4v) is 7.10. The zero-order chi connectivity index (χ0) is 30.6. The first-order valence-corrected chi connectivity index (χ1v) is 16.5. The van der Waals surface area contributed by atoms with Crippen LogP contribution in [0.15, 0.2) is 77.9 Å². The molecule has 0 aliphatic rings. The van der Waals surface area contributed by atoms with Gasteiger partial charge in [-0.3, -0.25) is 0 Å². The minimum atomic E-state index is 0.553. The van der Waals surface area contributed by atoms with Crippen LogP contribution in [0.3, 0.4) is 0 Å². The van der Waals surface area contributed by atoms with Gasteiger partial charge >= 0.3 is 0 Å². The van der Waals surface area contributed by atoms with Gasteiger partial charge in [0.2, 0.25) is 0 Å². The zero-order valence-electron chi connectivity index (χ0n) is 26.8. The number of fused-ring (bicyclic) bond motifs is 6. The SMILES string of the molecule is CCCCC(CC)Cn1c2ccc(C)cc2c2cc(Cc3ccc4c(c3)c3cc(C)ccc3n4CCCCN=[N+]=[N-])ccc21. The van der Waals surface area contributed by atoms with Crippen molar-refractivity contribution in [2.45, 2.75) is 85.7 Å². The van der Waals surface area contributed by atoms with Gasteiger partial charge in [-0.1, -0.05) is 73.6 Å². The Balaban J connectivity index is 1.36. The first kappa shape index (κ1) is 29.8. The van der Waals surface area contributed by atoms with Gasteiger partial charge in [0.05, 0.1) is 0 Å². The van der Waals surface area contributed by atoms with Crippen molar-refractivity contribution in [3.05, 3.63) is 105 Å². The van der Waals surface area contributed by atoms with Crippen LogP contribution in [0.4, 0.5) is 0 Å². The van der Waals surface area contributed by atoms with Crippen molar-refractivity contribution in [3.8, 4) is 0 Å². The minimum absolute atomic E-state index is 0.553. The van der Waals surface area contributed by atoms with Gasteiger partial charge in [0.15, 0.2) is 0 Å². The van der Waals surface area contributed by atoms with Crippen LogP contribution in [-0.4, -0.2) is 15.7 Å². The van der Waals surface area contributed by atoms with Crippen LogP contribution >= 0.6 is 0 Å². The van der Waals surface area contributed by atoms with E-state index >= 15 is 0 Å². The highest BCUT2D eigenvalue weighted by Crippen LogP contribution is 2.34. The normalized spacial score (nSPS) is 12.5. The van der Waals surface area contributed by atoms with Gasteiger partial charge in [-0.15, -0.1) is 0 Å².